The SMILES string of the molecule is COc1nc2c(-c3ccccc3)cc(C(C)(C)C)cc2cc1-c1ccc[nH]c1=O. The third-order valence-corrected chi connectivity index (χ3v) is 5.14. The van der Waals surface area contributed by atoms with Crippen molar-refractivity contribution in [3.63, 3.8) is 0 Å². The van der Waals surface area contributed by atoms with Crippen molar-refractivity contribution in [1.29, 1.82) is 0 Å². The summed E-state index contributed by atoms with van der Waals surface area (Å²) in [6, 6.07) is 20.2. The van der Waals surface area contributed by atoms with Gasteiger partial charge < -0.3 is 9.72 Å². The standard InChI is InChI=1S/C25H24N2O2/c1-25(2,3)18-13-17-14-21(19-11-8-12-26-23(19)28)24(29-4)27-22(17)20(15-18)16-9-6-5-7-10-16/h5-15H,1-4H3,(H,26,28). The van der Waals surface area contributed by atoms with Gasteiger partial charge in [-0.1, -0.05) is 51.1 Å². The lowest BCUT2D eigenvalue weighted by Gasteiger charge is -2.22. The van der Waals surface area contributed by atoms with E-state index in [1.165, 1.54) is 5.56 Å². The number of pyridine rings is 2. The molecule has 0 fully saturated rings. The third-order valence-electron chi connectivity index (χ3n) is 5.14. The highest BCUT2D eigenvalue weighted by Crippen LogP contribution is 2.37. The van der Waals surface area contributed by atoms with E-state index in [2.05, 4.69) is 50.0 Å². The van der Waals surface area contributed by atoms with Crippen molar-refractivity contribution in [2.24, 2.45) is 0 Å². The van der Waals surface area contributed by atoms with Gasteiger partial charge in [-0.3, -0.25) is 4.79 Å². The molecule has 2 aromatic heterocycles. The summed E-state index contributed by atoms with van der Waals surface area (Å²) in [5, 5.41) is 0.982. The molecule has 0 saturated carbocycles. The van der Waals surface area contributed by atoms with Crippen LogP contribution in [0.4, 0.5) is 0 Å². The Morgan fingerprint density at radius 3 is 2.31 bits per heavy atom. The summed E-state index contributed by atoms with van der Waals surface area (Å²) in [7, 11) is 1.58. The number of methoxy groups -OCH3 is 1. The first-order chi connectivity index (χ1) is 13.9. The Labute approximate surface area is 170 Å². The van der Waals surface area contributed by atoms with Crippen LogP contribution in [0.1, 0.15) is 26.3 Å². The maximum Gasteiger partial charge on any atom is 0.256 e. The minimum absolute atomic E-state index is 0.0258. The second-order valence-corrected chi connectivity index (χ2v) is 8.17. The highest BCUT2D eigenvalue weighted by molar-refractivity contribution is 5.97. The van der Waals surface area contributed by atoms with E-state index < -0.39 is 0 Å². The van der Waals surface area contributed by atoms with Gasteiger partial charge in [-0.2, -0.15) is 0 Å². The van der Waals surface area contributed by atoms with Crippen molar-refractivity contribution < 1.29 is 4.74 Å². The first-order valence-electron chi connectivity index (χ1n) is 9.65. The first-order valence-corrected chi connectivity index (χ1v) is 9.65. The molecule has 0 aliphatic heterocycles. The van der Waals surface area contributed by atoms with Gasteiger partial charge in [0.05, 0.1) is 23.8 Å². The van der Waals surface area contributed by atoms with Crippen LogP contribution < -0.4 is 10.3 Å². The minimum atomic E-state index is -0.165. The minimum Gasteiger partial charge on any atom is -0.481 e. The van der Waals surface area contributed by atoms with Gasteiger partial charge in [0.15, 0.2) is 0 Å². The Bertz CT molecular complexity index is 1240. The predicted molar refractivity (Wildman–Crippen MR) is 118 cm³/mol. The Morgan fingerprint density at radius 1 is 0.897 bits per heavy atom. The molecule has 4 heteroatoms. The van der Waals surface area contributed by atoms with Gasteiger partial charge in [0.25, 0.3) is 5.56 Å². The molecule has 0 radical (unpaired) electrons. The Hall–Kier alpha value is -3.40. The largest absolute Gasteiger partial charge is 0.481 e. The van der Waals surface area contributed by atoms with Crippen LogP contribution in [0.15, 0.2) is 71.7 Å². The summed E-state index contributed by atoms with van der Waals surface area (Å²) in [6.07, 6.45) is 1.62. The zero-order valence-corrected chi connectivity index (χ0v) is 17.1. The Morgan fingerprint density at radius 2 is 1.66 bits per heavy atom. The molecule has 0 unspecified atom stereocenters. The van der Waals surface area contributed by atoms with Crippen LogP contribution in [0.25, 0.3) is 33.2 Å². The number of rotatable bonds is 3. The number of aromatic amines is 1. The molecule has 0 spiro atoms. The van der Waals surface area contributed by atoms with E-state index in [-0.39, 0.29) is 11.0 Å². The quantitative estimate of drug-likeness (QED) is 0.503. The lowest BCUT2D eigenvalue weighted by Crippen LogP contribution is -2.12. The normalized spacial score (nSPS) is 11.6. The van der Waals surface area contributed by atoms with E-state index >= 15 is 0 Å². The molecular formula is C25H24N2O2. The fourth-order valence-electron chi connectivity index (χ4n) is 3.52. The van der Waals surface area contributed by atoms with Gasteiger partial charge in [0, 0.05) is 17.1 Å². The molecule has 4 rings (SSSR count). The van der Waals surface area contributed by atoms with E-state index in [9.17, 15) is 4.79 Å². The van der Waals surface area contributed by atoms with Crippen LogP contribution >= 0.6 is 0 Å². The van der Waals surface area contributed by atoms with Crippen molar-refractivity contribution >= 4 is 10.9 Å². The van der Waals surface area contributed by atoms with E-state index in [4.69, 9.17) is 9.72 Å². The summed E-state index contributed by atoms with van der Waals surface area (Å²) >= 11 is 0. The van der Waals surface area contributed by atoms with E-state index in [1.54, 1.807) is 25.4 Å². The molecule has 1 N–H and O–H groups in total. The number of H-pyrrole nitrogens is 1. The maximum atomic E-state index is 12.4. The summed E-state index contributed by atoms with van der Waals surface area (Å²) in [6.45, 7) is 6.59. The summed E-state index contributed by atoms with van der Waals surface area (Å²) in [5.41, 5.74) is 5.27. The molecule has 4 aromatic rings. The van der Waals surface area contributed by atoms with Gasteiger partial charge in [0.2, 0.25) is 5.88 Å². The topological polar surface area (TPSA) is 55.0 Å². The van der Waals surface area contributed by atoms with Gasteiger partial charge >= 0.3 is 0 Å². The van der Waals surface area contributed by atoms with Crippen molar-refractivity contribution in [3.8, 4) is 28.1 Å². The predicted octanol–water partition coefficient (Wildman–Crippen LogP) is 5.56. The average molecular weight is 384 g/mol. The average Bonchev–Trinajstić information content (AvgIpc) is 2.72. The van der Waals surface area contributed by atoms with Crippen molar-refractivity contribution in [3.05, 3.63) is 82.8 Å². The van der Waals surface area contributed by atoms with Gasteiger partial charge in [-0.05, 0) is 46.9 Å². The number of benzene rings is 2. The smallest absolute Gasteiger partial charge is 0.256 e. The summed E-state index contributed by atoms with van der Waals surface area (Å²) in [5.74, 6) is 0.440. The molecule has 0 bridgehead atoms. The number of nitrogens with zero attached hydrogens (tertiary/aromatic N) is 1. The molecule has 4 nitrogen and oxygen atoms in total. The number of aromatic nitrogens is 2. The fraction of sp³-hybridized carbons (Fsp3) is 0.200. The third kappa shape index (κ3) is 3.54. The first kappa shape index (κ1) is 18.9. The second kappa shape index (κ2) is 7.21. The van der Waals surface area contributed by atoms with Crippen LogP contribution in [0, 0.1) is 0 Å². The van der Waals surface area contributed by atoms with Gasteiger partial charge in [-0.15, -0.1) is 0 Å². The van der Waals surface area contributed by atoms with Gasteiger partial charge in [-0.25, -0.2) is 4.98 Å². The number of hydrogen-bond acceptors (Lipinski definition) is 3. The molecule has 0 aliphatic rings. The van der Waals surface area contributed by atoms with E-state index in [0.29, 0.717) is 17.0 Å². The molecule has 0 aliphatic carbocycles. The number of ether oxygens (including phenoxy) is 1. The van der Waals surface area contributed by atoms with Crippen LogP contribution in [0.3, 0.4) is 0 Å². The van der Waals surface area contributed by atoms with Gasteiger partial charge in [0.1, 0.15) is 0 Å². The fourth-order valence-corrected chi connectivity index (χ4v) is 3.52. The number of hydrogen-bond donors (Lipinski definition) is 1. The van der Waals surface area contributed by atoms with Crippen LogP contribution in [0.5, 0.6) is 5.88 Å². The molecule has 0 amide bonds. The maximum absolute atomic E-state index is 12.4. The summed E-state index contributed by atoms with van der Waals surface area (Å²) < 4.78 is 5.59. The zero-order valence-electron chi connectivity index (χ0n) is 17.1. The molecular weight excluding hydrogens is 360 g/mol. The molecule has 29 heavy (non-hydrogen) atoms. The lowest BCUT2D eigenvalue weighted by molar-refractivity contribution is 0.401. The van der Waals surface area contributed by atoms with Crippen LogP contribution in [-0.2, 0) is 5.41 Å². The van der Waals surface area contributed by atoms with Crippen molar-refractivity contribution in [2.75, 3.05) is 7.11 Å². The summed E-state index contributed by atoms with van der Waals surface area (Å²) in [4.78, 5) is 20.0. The van der Waals surface area contributed by atoms with Crippen LogP contribution in [-0.4, -0.2) is 17.1 Å². The molecule has 0 atom stereocenters. The zero-order chi connectivity index (χ0) is 20.6. The highest BCUT2D eigenvalue weighted by atomic mass is 16.5. The van der Waals surface area contributed by atoms with Crippen molar-refractivity contribution in [2.45, 2.75) is 26.2 Å². The highest BCUT2D eigenvalue weighted by Gasteiger charge is 2.20. The Kier molecular flexibility index (Phi) is 4.71. The second-order valence-electron chi connectivity index (χ2n) is 8.17. The van der Waals surface area contributed by atoms with Crippen LogP contribution in [0.2, 0.25) is 0 Å². The molecule has 2 aromatic carbocycles. The molecule has 0 saturated heterocycles. The monoisotopic (exact) mass is 384 g/mol. The number of fused-ring (bicyclic) bond motifs is 1. The Balaban J connectivity index is 2.09. The van der Waals surface area contributed by atoms with Crippen molar-refractivity contribution in [1.82, 2.24) is 9.97 Å². The number of nitrogens with one attached hydrogen (secondary N) is 1. The molecule has 2 heterocycles. The van der Waals surface area contributed by atoms with E-state index in [0.717, 1.165) is 22.0 Å². The van der Waals surface area contributed by atoms with E-state index in [1.807, 2.05) is 24.3 Å². The lowest BCUT2D eigenvalue weighted by atomic mass is 9.84. The molecule has 146 valence electrons.